The maximum atomic E-state index is 12.9. The molecule has 0 saturated carbocycles. The molecule has 6 heteroatoms. The molecule has 2 saturated heterocycles. The number of amides is 1. The molecule has 1 amide bonds. The maximum Gasteiger partial charge on any atom is 0.257 e. The van der Waals surface area contributed by atoms with Crippen LogP contribution >= 0.6 is 11.6 Å². The molecule has 0 unspecified atom stereocenters. The van der Waals surface area contributed by atoms with Gasteiger partial charge in [0.15, 0.2) is 0 Å². The molecule has 1 aromatic rings. The van der Waals surface area contributed by atoms with Crippen LogP contribution in [0.25, 0.3) is 0 Å². The highest BCUT2D eigenvalue weighted by Crippen LogP contribution is 2.27. The molecule has 0 radical (unpaired) electrons. The molecule has 2 aliphatic rings. The molecule has 1 aromatic carbocycles. The number of hydrogen-bond donors (Lipinski definition) is 1. The number of ether oxygens (including phenoxy) is 1. The highest BCUT2D eigenvalue weighted by atomic mass is 35.5. The number of phenolic OH excluding ortho intramolecular Hbond substituents is 1. The Labute approximate surface area is 148 Å². The van der Waals surface area contributed by atoms with Crippen molar-refractivity contribution in [1.82, 2.24) is 9.80 Å². The Morgan fingerprint density at radius 2 is 2.04 bits per heavy atom. The van der Waals surface area contributed by atoms with Crippen molar-refractivity contribution in [3.05, 3.63) is 28.8 Å². The summed E-state index contributed by atoms with van der Waals surface area (Å²) in [6.45, 7) is 5.26. The standard InChI is InChI=1S/C18H25ClN2O3/c19-14-4-5-17(22)16(13-14)18(23)21-7-2-1-3-15(21)6-8-20-9-11-24-12-10-20/h4-5,13,15,22H,1-3,6-12H2/t15-/m1/s1. The van der Waals surface area contributed by atoms with Gasteiger partial charge in [0.25, 0.3) is 5.91 Å². The second-order valence-corrected chi connectivity index (χ2v) is 6.99. The van der Waals surface area contributed by atoms with Crippen LogP contribution in [0.4, 0.5) is 0 Å². The number of piperidine rings is 1. The number of halogens is 1. The van der Waals surface area contributed by atoms with E-state index in [1.54, 1.807) is 12.1 Å². The predicted octanol–water partition coefficient (Wildman–Crippen LogP) is 2.76. The van der Waals surface area contributed by atoms with Crippen molar-refractivity contribution in [2.24, 2.45) is 0 Å². The Bertz CT molecular complexity index is 575. The van der Waals surface area contributed by atoms with Gasteiger partial charge >= 0.3 is 0 Å². The number of aromatic hydroxyl groups is 1. The van der Waals surface area contributed by atoms with Crippen LogP contribution in [0.1, 0.15) is 36.0 Å². The van der Waals surface area contributed by atoms with E-state index in [9.17, 15) is 9.90 Å². The molecule has 3 rings (SSSR count). The van der Waals surface area contributed by atoms with E-state index in [0.717, 1.165) is 65.1 Å². The largest absolute Gasteiger partial charge is 0.507 e. The van der Waals surface area contributed by atoms with E-state index in [4.69, 9.17) is 16.3 Å². The van der Waals surface area contributed by atoms with Crippen molar-refractivity contribution in [3.63, 3.8) is 0 Å². The number of benzene rings is 1. The van der Waals surface area contributed by atoms with E-state index in [0.29, 0.717) is 10.6 Å². The van der Waals surface area contributed by atoms with Gasteiger partial charge in [0.1, 0.15) is 5.75 Å². The van der Waals surface area contributed by atoms with E-state index in [1.807, 2.05) is 4.90 Å². The van der Waals surface area contributed by atoms with E-state index in [-0.39, 0.29) is 17.7 Å². The molecule has 5 nitrogen and oxygen atoms in total. The van der Waals surface area contributed by atoms with Gasteiger partial charge in [0, 0.05) is 37.2 Å². The van der Waals surface area contributed by atoms with Gasteiger partial charge in [-0.2, -0.15) is 0 Å². The summed E-state index contributed by atoms with van der Waals surface area (Å²) in [7, 11) is 0. The van der Waals surface area contributed by atoms with Crippen LogP contribution in [0.3, 0.4) is 0 Å². The normalized spacial score (nSPS) is 22.5. The van der Waals surface area contributed by atoms with Gasteiger partial charge in [-0.3, -0.25) is 9.69 Å². The Kier molecular flexibility index (Phi) is 5.98. The van der Waals surface area contributed by atoms with Gasteiger partial charge in [0.2, 0.25) is 0 Å². The molecule has 0 aliphatic carbocycles. The number of phenols is 1. The van der Waals surface area contributed by atoms with Crippen molar-refractivity contribution in [1.29, 1.82) is 0 Å². The summed E-state index contributed by atoms with van der Waals surface area (Å²) in [6.07, 6.45) is 4.16. The van der Waals surface area contributed by atoms with Crippen molar-refractivity contribution >= 4 is 17.5 Å². The third-order valence-corrected chi connectivity index (χ3v) is 5.19. The second-order valence-electron chi connectivity index (χ2n) is 6.55. The van der Waals surface area contributed by atoms with E-state index in [1.165, 1.54) is 6.07 Å². The summed E-state index contributed by atoms with van der Waals surface area (Å²) >= 11 is 6.00. The second kappa shape index (κ2) is 8.19. The highest BCUT2D eigenvalue weighted by molar-refractivity contribution is 6.31. The topological polar surface area (TPSA) is 53.0 Å². The molecule has 2 fully saturated rings. The molecule has 24 heavy (non-hydrogen) atoms. The third kappa shape index (κ3) is 4.21. The lowest BCUT2D eigenvalue weighted by atomic mass is 9.97. The highest BCUT2D eigenvalue weighted by Gasteiger charge is 2.29. The quantitative estimate of drug-likeness (QED) is 0.905. The van der Waals surface area contributed by atoms with Crippen molar-refractivity contribution in [2.75, 3.05) is 39.4 Å². The molecular weight excluding hydrogens is 328 g/mol. The summed E-state index contributed by atoms with van der Waals surface area (Å²) in [5.74, 6) is -0.108. The first-order valence-corrected chi connectivity index (χ1v) is 9.12. The lowest BCUT2D eigenvalue weighted by Crippen LogP contribution is -2.46. The zero-order valence-electron chi connectivity index (χ0n) is 13.9. The molecular formula is C18H25ClN2O3. The monoisotopic (exact) mass is 352 g/mol. The molecule has 1 atom stereocenters. The Balaban J connectivity index is 1.66. The van der Waals surface area contributed by atoms with Crippen molar-refractivity contribution in [2.45, 2.75) is 31.7 Å². The van der Waals surface area contributed by atoms with Gasteiger partial charge in [-0.25, -0.2) is 0 Å². The summed E-state index contributed by atoms with van der Waals surface area (Å²) in [4.78, 5) is 17.2. The lowest BCUT2D eigenvalue weighted by Gasteiger charge is -2.37. The van der Waals surface area contributed by atoms with Gasteiger partial charge in [0.05, 0.1) is 18.8 Å². The van der Waals surface area contributed by atoms with Gasteiger partial charge in [-0.15, -0.1) is 0 Å². The van der Waals surface area contributed by atoms with Gasteiger partial charge in [-0.1, -0.05) is 11.6 Å². The summed E-state index contributed by atoms with van der Waals surface area (Å²) < 4.78 is 5.39. The van der Waals surface area contributed by atoms with Crippen LogP contribution in [0.2, 0.25) is 5.02 Å². The maximum absolute atomic E-state index is 12.9. The average Bonchev–Trinajstić information content (AvgIpc) is 2.62. The van der Waals surface area contributed by atoms with E-state index in [2.05, 4.69) is 4.90 Å². The minimum absolute atomic E-state index is 0.00176. The lowest BCUT2D eigenvalue weighted by molar-refractivity contribution is 0.0295. The molecule has 0 aromatic heterocycles. The number of morpholine rings is 1. The number of carbonyl (C=O) groups excluding carboxylic acids is 1. The Morgan fingerprint density at radius 1 is 1.25 bits per heavy atom. The molecule has 0 bridgehead atoms. The minimum atomic E-state index is -0.110. The summed E-state index contributed by atoms with van der Waals surface area (Å²) in [5, 5.41) is 10.5. The van der Waals surface area contributed by atoms with Crippen LogP contribution < -0.4 is 0 Å². The van der Waals surface area contributed by atoms with Gasteiger partial charge < -0.3 is 14.7 Å². The molecule has 1 N–H and O–H groups in total. The van der Waals surface area contributed by atoms with E-state index >= 15 is 0 Å². The fraction of sp³-hybridized carbons (Fsp3) is 0.611. The summed E-state index contributed by atoms with van der Waals surface area (Å²) in [5.41, 5.74) is 0.306. The van der Waals surface area contributed by atoms with Crippen LogP contribution in [-0.4, -0.2) is 66.2 Å². The summed E-state index contributed by atoms with van der Waals surface area (Å²) in [6, 6.07) is 4.88. The average molecular weight is 353 g/mol. The molecule has 2 heterocycles. The van der Waals surface area contributed by atoms with Gasteiger partial charge in [-0.05, 0) is 43.9 Å². The number of rotatable bonds is 4. The smallest absolute Gasteiger partial charge is 0.257 e. The van der Waals surface area contributed by atoms with Crippen LogP contribution in [0.5, 0.6) is 5.75 Å². The van der Waals surface area contributed by atoms with Crippen molar-refractivity contribution in [3.8, 4) is 5.75 Å². The number of likely N-dealkylation sites (tertiary alicyclic amines) is 1. The number of carbonyl (C=O) groups is 1. The van der Waals surface area contributed by atoms with Crippen molar-refractivity contribution < 1.29 is 14.6 Å². The fourth-order valence-corrected chi connectivity index (χ4v) is 3.73. The number of nitrogens with zero attached hydrogens (tertiary/aromatic N) is 2. The SMILES string of the molecule is O=C(c1cc(Cl)ccc1O)N1CCCC[C@@H]1CCN1CCOCC1. The first-order valence-electron chi connectivity index (χ1n) is 8.75. The zero-order chi connectivity index (χ0) is 16.9. The Morgan fingerprint density at radius 3 is 2.83 bits per heavy atom. The van der Waals surface area contributed by atoms with Crippen LogP contribution in [-0.2, 0) is 4.74 Å². The zero-order valence-corrected chi connectivity index (χ0v) is 14.7. The first kappa shape index (κ1) is 17.5. The number of hydrogen-bond acceptors (Lipinski definition) is 4. The molecule has 0 spiro atoms. The Hall–Kier alpha value is -1.30. The first-order chi connectivity index (χ1) is 11.6. The van der Waals surface area contributed by atoms with Crippen LogP contribution in [0, 0.1) is 0 Å². The molecule has 2 aliphatic heterocycles. The van der Waals surface area contributed by atoms with E-state index < -0.39 is 0 Å². The fourth-order valence-electron chi connectivity index (χ4n) is 3.56. The van der Waals surface area contributed by atoms with Crippen LogP contribution in [0.15, 0.2) is 18.2 Å². The molecule has 132 valence electrons. The predicted molar refractivity (Wildman–Crippen MR) is 93.7 cm³/mol. The third-order valence-electron chi connectivity index (χ3n) is 4.96. The minimum Gasteiger partial charge on any atom is -0.507 e.